The number of phenols is 1. The second kappa shape index (κ2) is 8.44. The van der Waals surface area contributed by atoms with Crippen LogP contribution in [0.5, 0.6) is 5.75 Å². The number of rotatable bonds is 6. The molecule has 0 unspecified atom stereocenters. The third-order valence-electron chi connectivity index (χ3n) is 6.63. The van der Waals surface area contributed by atoms with E-state index in [-0.39, 0.29) is 11.8 Å². The van der Waals surface area contributed by atoms with Crippen LogP contribution in [0.4, 0.5) is 10.2 Å². The molecule has 2 heterocycles. The van der Waals surface area contributed by atoms with Crippen molar-refractivity contribution in [1.82, 2.24) is 29.9 Å². The summed E-state index contributed by atoms with van der Waals surface area (Å²) in [4.78, 5) is 10.8. The molecule has 0 saturated heterocycles. The number of phenolic OH excluding ortho intramolecular Hbond substituents is 1. The van der Waals surface area contributed by atoms with Gasteiger partial charge in [0.05, 0.1) is 17.8 Å². The number of aromatic hydroxyl groups is 1. The van der Waals surface area contributed by atoms with E-state index >= 15 is 0 Å². The summed E-state index contributed by atoms with van der Waals surface area (Å²) in [5.41, 5.74) is 1.18. The summed E-state index contributed by atoms with van der Waals surface area (Å²) in [7, 11) is 1.79. The summed E-state index contributed by atoms with van der Waals surface area (Å²) in [6.45, 7) is 2.18. The van der Waals surface area contributed by atoms with Crippen molar-refractivity contribution < 1.29 is 9.50 Å². The summed E-state index contributed by atoms with van der Waals surface area (Å²) in [5, 5.41) is 23.5. The number of anilines is 1. The number of benzene rings is 1. The van der Waals surface area contributed by atoms with Crippen LogP contribution in [0.3, 0.4) is 0 Å². The van der Waals surface area contributed by atoms with Gasteiger partial charge in [-0.25, -0.2) is 14.4 Å². The van der Waals surface area contributed by atoms with Gasteiger partial charge in [-0.15, -0.1) is 10.2 Å². The maximum Gasteiger partial charge on any atom is 0.185 e. The molecule has 2 aliphatic carbocycles. The fourth-order valence-electron chi connectivity index (χ4n) is 4.68. The molecular weight excluding hydrogens is 409 g/mol. The van der Waals surface area contributed by atoms with E-state index in [0.717, 1.165) is 32.1 Å². The Kier molecular flexibility index (Phi) is 5.48. The van der Waals surface area contributed by atoms with Crippen LogP contribution in [-0.2, 0) is 7.05 Å². The highest BCUT2D eigenvalue weighted by Gasteiger charge is 2.41. The quantitative estimate of drug-likeness (QED) is 0.625. The molecule has 2 aromatic heterocycles. The average molecular weight is 438 g/mol. The van der Waals surface area contributed by atoms with Crippen molar-refractivity contribution in [3.05, 3.63) is 30.7 Å². The summed E-state index contributed by atoms with van der Waals surface area (Å²) in [6, 6.07) is 5.30. The monoisotopic (exact) mass is 437 g/mol. The van der Waals surface area contributed by atoms with Gasteiger partial charge in [-0.2, -0.15) is 5.10 Å². The molecule has 0 aliphatic heterocycles. The third-order valence-corrected chi connectivity index (χ3v) is 6.63. The molecule has 1 N–H and O–H groups in total. The number of aryl methyl sites for hydroxylation is 1. The molecule has 0 bridgehead atoms. The van der Waals surface area contributed by atoms with Gasteiger partial charge >= 0.3 is 0 Å². The molecule has 32 heavy (non-hydrogen) atoms. The minimum atomic E-state index is -0.850. The molecule has 1 aromatic carbocycles. The lowest BCUT2D eigenvalue weighted by Gasteiger charge is -2.40. The van der Waals surface area contributed by atoms with Gasteiger partial charge in [0, 0.05) is 18.7 Å². The van der Waals surface area contributed by atoms with Crippen molar-refractivity contribution in [2.75, 3.05) is 4.90 Å². The fourth-order valence-corrected chi connectivity index (χ4v) is 4.68. The largest absolute Gasteiger partial charge is 0.507 e. The Balaban J connectivity index is 1.39. The molecule has 0 amide bonds. The third kappa shape index (κ3) is 4.03. The standard InChI is InChI=1S/C23H28FN7O/c1-3-14-4-9-18(24)19(10-14)31(16-6-7-16)21-12-25-23(28-27-21)17-8-5-15(11-20(17)32)22-26-13-30(2)29-22/h5,8,11-14,16,18-19,32H,3-4,6-7,9-10H2,1-2H3/t14-,18+,19-/m1/s1. The van der Waals surface area contributed by atoms with Crippen molar-refractivity contribution in [2.45, 2.75) is 63.7 Å². The Hall–Kier alpha value is -3.10. The molecule has 3 atom stereocenters. The number of hydrogen-bond acceptors (Lipinski definition) is 7. The smallest absolute Gasteiger partial charge is 0.185 e. The SMILES string of the molecule is CC[C@@H]1CC[C@H](F)[C@H](N(c2cnc(-c3ccc(-c4ncn(C)n4)cc3O)nn2)C2CC2)C1. The number of aromatic nitrogens is 6. The molecule has 2 fully saturated rings. The van der Waals surface area contributed by atoms with E-state index in [2.05, 4.69) is 37.1 Å². The number of halogens is 1. The van der Waals surface area contributed by atoms with Gasteiger partial charge < -0.3 is 10.0 Å². The van der Waals surface area contributed by atoms with Gasteiger partial charge in [0.1, 0.15) is 18.2 Å². The van der Waals surface area contributed by atoms with E-state index in [1.54, 1.807) is 36.4 Å². The summed E-state index contributed by atoms with van der Waals surface area (Å²) in [6.07, 6.45) is 8.01. The Morgan fingerprint density at radius 2 is 1.97 bits per heavy atom. The van der Waals surface area contributed by atoms with Crippen molar-refractivity contribution in [3.63, 3.8) is 0 Å². The van der Waals surface area contributed by atoms with Crippen LogP contribution >= 0.6 is 0 Å². The van der Waals surface area contributed by atoms with Crippen LogP contribution in [0.15, 0.2) is 30.7 Å². The topological polar surface area (TPSA) is 92.9 Å². The Labute approximate surface area is 186 Å². The van der Waals surface area contributed by atoms with Crippen molar-refractivity contribution >= 4 is 5.82 Å². The van der Waals surface area contributed by atoms with Crippen LogP contribution in [-0.4, -0.2) is 53.3 Å². The number of alkyl halides is 1. The lowest BCUT2D eigenvalue weighted by atomic mass is 9.82. The first kappa shape index (κ1) is 20.8. The van der Waals surface area contributed by atoms with Gasteiger partial charge in [0.15, 0.2) is 17.5 Å². The Morgan fingerprint density at radius 3 is 2.59 bits per heavy atom. The predicted octanol–water partition coefficient (Wildman–Crippen LogP) is 3.93. The second-order valence-corrected chi connectivity index (χ2v) is 8.92. The zero-order chi connectivity index (χ0) is 22.2. The van der Waals surface area contributed by atoms with E-state index in [1.807, 2.05) is 6.07 Å². The van der Waals surface area contributed by atoms with E-state index in [0.29, 0.717) is 47.0 Å². The lowest BCUT2D eigenvalue weighted by Crippen LogP contribution is -2.47. The number of nitrogens with zero attached hydrogens (tertiary/aromatic N) is 7. The molecule has 3 aromatic rings. The van der Waals surface area contributed by atoms with E-state index in [1.165, 1.54) is 0 Å². The van der Waals surface area contributed by atoms with Crippen LogP contribution in [0.2, 0.25) is 0 Å². The van der Waals surface area contributed by atoms with E-state index < -0.39 is 6.17 Å². The van der Waals surface area contributed by atoms with Crippen molar-refractivity contribution in [1.29, 1.82) is 0 Å². The van der Waals surface area contributed by atoms with Crippen molar-refractivity contribution in [3.8, 4) is 28.5 Å². The first-order chi connectivity index (χ1) is 15.5. The summed E-state index contributed by atoms with van der Waals surface area (Å²) >= 11 is 0. The molecule has 168 valence electrons. The maximum absolute atomic E-state index is 14.9. The maximum atomic E-state index is 14.9. The van der Waals surface area contributed by atoms with Gasteiger partial charge in [-0.1, -0.05) is 19.4 Å². The zero-order valence-corrected chi connectivity index (χ0v) is 18.4. The first-order valence-corrected chi connectivity index (χ1v) is 11.3. The molecular formula is C23H28FN7O. The number of hydrogen-bond donors (Lipinski definition) is 1. The Morgan fingerprint density at radius 1 is 1.12 bits per heavy atom. The minimum absolute atomic E-state index is 0.0328. The highest BCUT2D eigenvalue weighted by Crippen LogP contribution is 2.40. The van der Waals surface area contributed by atoms with Gasteiger partial charge in [-0.3, -0.25) is 4.68 Å². The normalized spacial score (nSPS) is 23.3. The molecule has 0 radical (unpaired) electrons. The highest BCUT2D eigenvalue weighted by atomic mass is 19.1. The molecule has 0 spiro atoms. The molecule has 2 saturated carbocycles. The van der Waals surface area contributed by atoms with Crippen molar-refractivity contribution in [2.24, 2.45) is 13.0 Å². The van der Waals surface area contributed by atoms with Gasteiger partial charge in [-0.05, 0) is 50.2 Å². The second-order valence-electron chi connectivity index (χ2n) is 8.92. The molecule has 2 aliphatic rings. The van der Waals surface area contributed by atoms with Crippen LogP contribution in [0.1, 0.15) is 45.4 Å². The molecule has 5 rings (SSSR count). The van der Waals surface area contributed by atoms with Crippen LogP contribution < -0.4 is 4.90 Å². The van der Waals surface area contributed by atoms with E-state index in [4.69, 9.17) is 0 Å². The van der Waals surface area contributed by atoms with Crippen LogP contribution in [0.25, 0.3) is 22.8 Å². The Bertz CT molecular complexity index is 1080. The highest BCUT2D eigenvalue weighted by molar-refractivity contribution is 5.70. The summed E-state index contributed by atoms with van der Waals surface area (Å²) < 4.78 is 16.5. The zero-order valence-electron chi connectivity index (χ0n) is 18.4. The lowest BCUT2D eigenvalue weighted by molar-refractivity contribution is 0.166. The minimum Gasteiger partial charge on any atom is -0.507 e. The predicted molar refractivity (Wildman–Crippen MR) is 119 cm³/mol. The average Bonchev–Trinajstić information content (AvgIpc) is 3.54. The summed E-state index contributed by atoms with van der Waals surface area (Å²) in [5.74, 6) is 2.06. The molecule has 9 heteroatoms. The molecule has 8 nitrogen and oxygen atoms in total. The van der Waals surface area contributed by atoms with E-state index in [9.17, 15) is 9.50 Å². The van der Waals surface area contributed by atoms with Crippen LogP contribution in [0, 0.1) is 5.92 Å². The first-order valence-electron chi connectivity index (χ1n) is 11.3. The van der Waals surface area contributed by atoms with Gasteiger partial charge in [0.2, 0.25) is 0 Å². The fraction of sp³-hybridized carbons (Fsp3) is 0.522. The van der Waals surface area contributed by atoms with Gasteiger partial charge in [0.25, 0.3) is 0 Å².